The third kappa shape index (κ3) is 8.60. The standard InChI is InChI=1S/C4H9.2C4H7.Sn/c3*1-3-4-2;/h1,3-4H2,2H3;2*1,3H,4H2,2H3;. The molecule has 0 amide bonds. The van der Waals surface area contributed by atoms with Crippen molar-refractivity contribution in [2.75, 3.05) is 0 Å². The van der Waals surface area contributed by atoms with Gasteiger partial charge in [0, 0.05) is 0 Å². The Labute approximate surface area is 90.9 Å². The Morgan fingerprint density at radius 2 is 1.46 bits per heavy atom. The molecule has 0 unspecified atom stereocenters. The zero-order valence-electron chi connectivity index (χ0n) is 9.34. The summed E-state index contributed by atoms with van der Waals surface area (Å²) in [6.07, 6.45) is 9.92. The number of allylic oxidation sites excluding steroid dienone is 2. The Bertz CT molecular complexity index is 133. The van der Waals surface area contributed by atoms with Gasteiger partial charge >= 0.3 is 91.0 Å². The van der Waals surface area contributed by atoms with Crippen molar-refractivity contribution in [2.24, 2.45) is 0 Å². The van der Waals surface area contributed by atoms with E-state index in [1.54, 1.807) is 0 Å². The average molecular weight is 286 g/mol. The number of unbranched alkanes of at least 4 members (excludes halogenated alkanes) is 1. The van der Waals surface area contributed by atoms with Gasteiger partial charge in [0.1, 0.15) is 0 Å². The first-order valence-electron chi connectivity index (χ1n) is 5.54. The predicted octanol–water partition coefficient (Wildman–Crippen LogP) is 4.29. The molecule has 0 saturated carbocycles. The summed E-state index contributed by atoms with van der Waals surface area (Å²) in [5, 5.41) is 0. The van der Waals surface area contributed by atoms with E-state index in [1.807, 2.05) is 0 Å². The van der Waals surface area contributed by atoms with Crippen LogP contribution in [0.15, 0.2) is 20.3 Å². The fourth-order valence-corrected chi connectivity index (χ4v) is 7.66. The third-order valence-corrected chi connectivity index (χ3v) is 8.40. The third-order valence-electron chi connectivity index (χ3n) is 1.95. The molecule has 1 radical (unpaired) electrons. The van der Waals surface area contributed by atoms with Gasteiger partial charge in [-0.15, -0.1) is 0 Å². The molecule has 0 rings (SSSR count). The molecule has 1 heteroatoms. The van der Waals surface area contributed by atoms with E-state index < -0.39 is 19.8 Å². The second-order valence-corrected chi connectivity index (χ2v) is 9.91. The van der Waals surface area contributed by atoms with Gasteiger partial charge in [-0.3, -0.25) is 0 Å². The molecule has 0 heterocycles. The first-order chi connectivity index (χ1) is 6.35. The SMILES string of the molecule is CCC=[CH][Sn]([CH]=CCC)[CH2]CCC. The van der Waals surface area contributed by atoms with Crippen molar-refractivity contribution in [3.8, 4) is 0 Å². The van der Waals surface area contributed by atoms with Crippen LogP contribution in [0.4, 0.5) is 0 Å². The zero-order chi connectivity index (χ0) is 9.94. The van der Waals surface area contributed by atoms with Gasteiger partial charge in [0.15, 0.2) is 0 Å². The molecular formula is C12H23Sn. The Balaban J connectivity index is 3.87. The number of rotatable bonds is 7. The summed E-state index contributed by atoms with van der Waals surface area (Å²) in [5.74, 6) is 0. The van der Waals surface area contributed by atoms with Gasteiger partial charge in [-0.25, -0.2) is 0 Å². The molecule has 0 saturated heterocycles. The summed E-state index contributed by atoms with van der Waals surface area (Å²) in [4.78, 5) is 0. The average Bonchev–Trinajstić information content (AvgIpc) is 2.17. The first-order valence-corrected chi connectivity index (χ1v) is 10.8. The molecule has 0 fully saturated rings. The van der Waals surface area contributed by atoms with E-state index >= 15 is 0 Å². The molecule has 0 aromatic carbocycles. The quantitative estimate of drug-likeness (QED) is 0.612. The molecule has 0 atom stereocenters. The number of hydrogen-bond acceptors (Lipinski definition) is 0. The van der Waals surface area contributed by atoms with E-state index in [4.69, 9.17) is 0 Å². The van der Waals surface area contributed by atoms with Crippen molar-refractivity contribution < 1.29 is 0 Å². The Kier molecular flexibility index (Phi) is 10.6. The van der Waals surface area contributed by atoms with Crippen molar-refractivity contribution in [1.82, 2.24) is 0 Å². The topological polar surface area (TPSA) is 0 Å². The summed E-state index contributed by atoms with van der Waals surface area (Å²) in [7, 11) is 0. The molecule has 0 nitrogen and oxygen atoms in total. The predicted molar refractivity (Wildman–Crippen MR) is 64.3 cm³/mol. The number of hydrogen-bond donors (Lipinski definition) is 0. The van der Waals surface area contributed by atoms with Crippen LogP contribution in [0.3, 0.4) is 0 Å². The van der Waals surface area contributed by atoms with E-state index in [9.17, 15) is 0 Å². The first kappa shape index (κ1) is 13.3. The summed E-state index contributed by atoms with van der Waals surface area (Å²) in [6, 6.07) is 0. The van der Waals surface area contributed by atoms with Crippen LogP contribution in [0.5, 0.6) is 0 Å². The van der Waals surface area contributed by atoms with Crippen LogP contribution in [-0.2, 0) is 0 Å². The summed E-state index contributed by atoms with van der Waals surface area (Å²) >= 11 is -1.20. The molecule has 0 aliphatic carbocycles. The molecule has 13 heavy (non-hydrogen) atoms. The van der Waals surface area contributed by atoms with Gasteiger partial charge < -0.3 is 0 Å². The fourth-order valence-electron chi connectivity index (χ4n) is 1.14. The minimum atomic E-state index is -1.20. The van der Waals surface area contributed by atoms with Gasteiger partial charge in [-0.05, 0) is 0 Å². The van der Waals surface area contributed by atoms with E-state index in [2.05, 4.69) is 41.1 Å². The molecule has 0 bridgehead atoms. The van der Waals surface area contributed by atoms with Crippen LogP contribution >= 0.6 is 0 Å². The zero-order valence-corrected chi connectivity index (χ0v) is 12.2. The van der Waals surface area contributed by atoms with Gasteiger partial charge in [0.05, 0.1) is 0 Å². The Morgan fingerprint density at radius 1 is 0.923 bits per heavy atom. The van der Waals surface area contributed by atoms with Crippen LogP contribution in [0.25, 0.3) is 0 Å². The second-order valence-electron chi connectivity index (χ2n) is 3.30. The van der Waals surface area contributed by atoms with Crippen LogP contribution in [0, 0.1) is 0 Å². The van der Waals surface area contributed by atoms with Gasteiger partial charge in [-0.1, -0.05) is 0 Å². The molecular weight excluding hydrogens is 263 g/mol. The van der Waals surface area contributed by atoms with Gasteiger partial charge in [0.2, 0.25) is 0 Å². The molecule has 75 valence electrons. The Hall–Kier alpha value is 0.279. The van der Waals surface area contributed by atoms with Crippen LogP contribution in [0.1, 0.15) is 46.5 Å². The van der Waals surface area contributed by atoms with E-state index in [1.165, 1.54) is 30.1 Å². The molecule has 0 aliphatic heterocycles. The molecule has 0 spiro atoms. The fraction of sp³-hybridized carbons (Fsp3) is 0.667. The van der Waals surface area contributed by atoms with Gasteiger partial charge in [-0.2, -0.15) is 0 Å². The second kappa shape index (κ2) is 10.4. The van der Waals surface area contributed by atoms with E-state index in [0.29, 0.717) is 0 Å². The van der Waals surface area contributed by atoms with Crippen molar-refractivity contribution in [2.45, 2.75) is 50.9 Å². The van der Waals surface area contributed by atoms with Crippen molar-refractivity contribution in [3.63, 3.8) is 0 Å². The van der Waals surface area contributed by atoms with Crippen LogP contribution < -0.4 is 0 Å². The van der Waals surface area contributed by atoms with Gasteiger partial charge in [0.25, 0.3) is 0 Å². The van der Waals surface area contributed by atoms with Crippen LogP contribution in [0.2, 0.25) is 4.44 Å². The Morgan fingerprint density at radius 3 is 1.85 bits per heavy atom. The molecule has 0 aromatic heterocycles. The van der Waals surface area contributed by atoms with Crippen molar-refractivity contribution >= 4 is 19.8 Å². The molecule has 0 aliphatic rings. The summed E-state index contributed by atoms with van der Waals surface area (Å²) in [6.45, 7) is 6.73. The normalized spacial score (nSPS) is 12.3. The minimum absolute atomic E-state index is 1.20. The van der Waals surface area contributed by atoms with E-state index in [-0.39, 0.29) is 0 Å². The maximum atomic E-state index is 2.55. The summed E-state index contributed by atoms with van der Waals surface area (Å²) in [5.41, 5.74) is 0. The summed E-state index contributed by atoms with van der Waals surface area (Å²) < 4.78 is 6.60. The van der Waals surface area contributed by atoms with Crippen LogP contribution in [-0.4, -0.2) is 19.8 Å². The molecule has 0 N–H and O–H groups in total. The van der Waals surface area contributed by atoms with E-state index in [0.717, 1.165) is 0 Å². The van der Waals surface area contributed by atoms with Crippen molar-refractivity contribution in [3.05, 3.63) is 20.3 Å². The van der Waals surface area contributed by atoms with Crippen molar-refractivity contribution in [1.29, 1.82) is 0 Å². The maximum absolute atomic E-state index is 2.55. The monoisotopic (exact) mass is 287 g/mol. The molecule has 0 aromatic rings.